The number of ether oxygens (including phenoxy) is 1. The fourth-order valence-corrected chi connectivity index (χ4v) is 0.891. The highest BCUT2D eigenvalue weighted by atomic mass is 16.5. The van der Waals surface area contributed by atoms with Crippen molar-refractivity contribution in [2.75, 3.05) is 20.3 Å². The minimum atomic E-state index is -0.794. The molecule has 0 rings (SSSR count). The first kappa shape index (κ1) is 15.0. The zero-order valence-electron chi connectivity index (χ0n) is 10.6. The third-order valence-corrected chi connectivity index (χ3v) is 1.60. The van der Waals surface area contributed by atoms with Crippen LogP contribution >= 0.6 is 0 Å². The lowest BCUT2D eigenvalue weighted by Crippen LogP contribution is -2.26. The summed E-state index contributed by atoms with van der Waals surface area (Å²) in [6, 6.07) is 0. The summed E-state index contributed by atoms with van der Waals surface area (Å²) >= 11 is 0. The first-order valence-corrected chi connectivity index (χ1v) is 5.45. The van der Waals surface area contributed by atoms with Crippen molar-refractivity contribution in [3.05, 3.63) is 12.2 Å². The third kappa shape index (κ3) is 9.55. The highest BCUT2D eigenvalue weighted by Crippen LogP contribution is 1.99. The highest BCUT2D eigenvalue weighted by molar-refractivity contribution is 5.98. The van der Waals surface area contributed by atoms with Crippen molar-refractivity contribution in [3.8, 4) is 0 Å². The van der Waals surface area contributed by atoms with Gasteiger partial charge in [0.1, 0.15) is 5.84 Å². The summed E-state index contributed by atoms with van der Waals surface area (Å²) < 4.78 is 5.22. The molecule has 0 aromatic carbocycles. The van der Waals surface area contributed by atoms with Crippen LogP contribution in [0.15, 0.2) is 22.1 Å². The largest absolute Gasteiger partial charge is 0.388 e. The minimum Gasteiger partial charge on any atom is -0.388 e. The zero-order chi connectivity index (χ0) is 12.4. The van der Waals surface area contributed by atoms with Crippen LogP contribution in [0.4, 0.5) is 0 Å². The molecule has 0 aliphatic heterocycles. The summed E-state index contributed by atoms with van der Waals surface area (Å²) in [5.74, 6) is 0.675. The molecule has 0 saturated carbocycles. The van der Waals surface area contributed by atoms with Gasteiger partial charge in [-0.1, -0.05) is 13.0 Å². The molecule has 4 heteroatoms. The van der Waals surface area contributed by atoms with E-state index in [1.54, 1.807) is 27.1 Å². The molecule has 0 spiro atoms. The van der Waals surface area contributed by atoms with Gasteiger partial charge in [-0.15, -0.1) is 0 Å². The van der Waals surface area contributed by atoms with Crippen molar-refractivity contribution in [3.63, 3.8) is 0 Å². The first-order chi connectivity index (χ1) is 7.49. The summed E-state index contributed by atoms with van der Waals surface area (Å²) in [5, 5.41) is 9.38. The third-order valence-electron chi connectivity index (χ3n) is 1.60. The quantitative estimate of drug-likeness (QED) is 0.427. The van der Waals surface area contributed by atoms with Gasteiger partial charge in [-0.25, -0.2) is 4.99 Å². The monoisotopic (exact) mass is 226 g/mol. The topological polar surface area (TPSA) is 54.2 Å². The van der Waals surface area contributed by atoms with E-state index in [0.717, 1.165) is 6.42 Å². The Morgan fingerprint density at radius 2 is 2.12 bits per heavy atom. The van der Waals surface area contributed by atoms with Crippen LogP contribution in [0.25, 0.3) is 0 Å². The summed E-state index contributed by atoms with van der Waals surface area (Å²) in [6.45, 7) is 6.13. The molecule has 0 aliphatic carbocycles. The van der Waals surface area contributed by atoms with Crippen LogP contribution in [0.1, 0.15) is 27.2 Å². The van der Waals surface area contributed by atoms with Crippen molar-refractivity contribution >= 4 is 12.1 Å². The first-order valence-electron chi connectivity index (χ1n) is 5.45. The zero-order valence-corrected chi connectivity index (χ0v) is 10.6. The Morgan fingerprint density at radius 1 is 1.44 bits per heavy atom. The van der Waals surface area contributed by atoms with Crippen molar-refractivity contribution in [2.24, 2.45) is 9.98 Å². The van der Waals surface area contributed by atoms with Gasteiger partial charge in [0.2, 0.25) is 0 Å². The standard InChI is InChI=1S/C12H22N2O2/c1-5-6-7-11(13-4)14-8-9-16-10-12(2,3)15/h6-8,15H,5,9-10H2,1-4H3/b7-6+,13-11?,14-8?. The van der Waals surface area contributed by atoms with E-state index in [1.165, 1.54) is 0 Å². The van der Waals surface area contributed by atoms with Crippen LogP contribution in [-0.4, -0.2) is 43.0 Å². The molecule has 0 saturated heterocycles. The summed E-state index contributed by atoms with van der Waals surface area (Å²) in [4.78, 5) is 8.13. The van der Waals surface area contributed by atoms with E-state index >= 15 is 0 Å². The van der Waals surface area contributed by atoms with E-state index < -0.39 is 5.60 Å². The number of allylic oxidation sites excluding steroid dienone is 1. The molecule has 0 fully saturated rings. The van der Waals surface area contributed by atoms with Crippen LogP contribution in [-0.2, 0) is 4.74 Å². The molecule has 0 radical (unpaired) electrons. The lowest BCUT2D eigenvalue weighted by Gasteiger charge is -2.15. The molecule has 0 heterocycles. The molecular formula is C12H22N2O2. The SMILES string of the molecule is CC/C=C/C(N=CCOCC(C)(C)O)=NC. The number of hydrogen-bond donors (Lipinski definition) is 1. The van der Waals surface area contributed by atoms with Crippen molar-refractivity contribution in [2.45, 2.75) is 32.8 Å². The molecule has 0 bridgehead atoms. The van der Waals surface area contributed by atoms with Crippen LogP contribution in [0.5, 0.6) is 0 Å². The normalized spacial score (nSPS) is 14.2. The van der Waals surface area contributed by atoms with Crippen molar-refractivity contribution in [1.29, 1.82) is 0 Å². The Hall–Kier alpha value is -1.00. The van der Waals surface area contributed by atoms with E-state index in [-0.39, 0.29) is 0 Å². The highest BCUT2D eigenvalue weighted by Gasteiger charge is 2.11. The molecular weight excluding hydrogens is 204 g/mol. The summed E-state index contributed by atoms with van der Waals surface area (Å²) in [5.41, 5.74) is -0.794. The fourth-order valence-electron chi connectivity index (χ4n) is 0.891. The number of hydrogen-bond acceptors (Lipinski definition) is 3. The number of amidine groups is 1. The maximum atomic E-state index is 9.38. The number of aliphatic hydroxyl groups is 1. The van der Waals surface area contributed by atoms with Gasteiger partial charge in [-0.05, 0) is 26.3 Å². The second-order valence-electron chi connectivity index (χ2n) is 4.03. The molecule has 0 aliphatic rings. The van der Waals surface area contributed by atoms with Gasteiger partial charge in [0.05, 0.1) is 18.8 Å². The number of aliphatic imine (C=N–C) groups is 2. The smallest absolute Gasteiger partial charge is 0.146 e. The molecule has 4 nitrogen and oxygen atoms in total. The van der Waals surface area contributed by atoms with Crippen LogP contribution < -0.4 is 0 Å². The van der Waals surface area contributed by atoms with Crippen molar-refractivity contribution < 1.29 is 9.84 Å². The lowest BCUT2D eigenvalue weighted by atomic mass is 10.2. The molecule has 0 unspecified atom stereocenters. The van der Waals surface area contributed by atoms with Crippen LogP contribution in [0.2, 0.25) is 0 Å². The average molecular weight is 226 g/mol. The number of nitrogens with zero attached hydrogens (tertiary/aromatic N) is 2. The predicted octanol–water partition coefficient (Wildman–Crippen LogP) is 1.84. The summed E-state index contributed by atoms with van der Waals surface area (Å²) in [6.07, 6.45) is 6.47. The Labute approximate surface area is 97.8 Å². The van der Waals surface area contributed by atoms with Crippen LogP contribution in [0.3, 0.4) is 0 Å². The molecule has 92 valence electrons. The fraction of sp³-hybridized carbons (Fsp3) is 0.667. The molecule has 1 N–H and O–H groups in total. The van der Waals surface area contributed by atoms with E-state index in [4.69, 9.17) is 4.74 Å². The van der Waals surface area contributed by atoms with E-state index in [9.17, 15) is 5.11 Å². The molecule has 0 aromatic rings. The maximum absolute atomic E-state index is 9.38. The Bertz CT molecular complexity index is 263. The number of rotatable bonds is 6. The van der Waals surface area contributed by atoms with E-state index in [1.807, 2.05) is 12.2 Å². The van der Waals surface area contributed by atoms with Crippen molar-refractivity contribution in [1.82, 2.24) is 0 Å². The molecule has 0 aromatic heterocycles. The van der Waals surface area contributed by atoms with Gasteiger partial charge in [0, 0.05) is 13.3 Å². The Kier molecular flexibility index (Phi) is 7.68. The summed E-state index contributed by atoms with van der Waals surface area (Å²) in [7, 11) is 1.70. The second-order valence-corrected chi connectivity index (χ2v) is 4.03. The lowest BCUT2D eigenvalue weighted by molar-refractivity contribution is -0.00895. The van der Waals surface area contributed by atoms with Gasteiger partial charge in [0.15, 0.2) is 0 Å². The molecule has 16 heavy (non-hydrogen) atoms. The second kappa shape index (κ2) is 8.19. The minimum absolute atomic E-state index is 0.294. The average Bonchev–Trinajstić information content (AvgIpc) is 2.20. The molecule has 0 atom stereocenters. The molecule has 0 amide bonds. The van der Waals surface area contributed by atoms with Gasteiger partial charge < -0.3 is 9.84 Å². The van der Waals surface area contributed by atoms with Gasteiger partial charge in [-0.3, -0.25) is 4.99 Å². The Balaban J connectivity index is 3.87. The predicted molar refractivity (Wildman–Crippen MR) is 68.4 cm³/mol. The van der Waals surface area contributed by atoms with Gasteiger partial charge >= 0.3 is 0 Å². The van der Waals surface area contributed by atoms with E-state index in [2.05, 4.69) is 16.9 Å². The van der Waals surface area contributed by atoms with E-state index in [0.29, 0.717) is 19.0 Å². The van der Waals surface area contributed by atoms with Gasteiger partial charge in [0.25, 0.3) is 0 Å². The van der Waals surface area contributed by atoms with Gasteiger partial charge in [-0.2, -0.15) is 0 Å². The maximum Gasteiger partial charge on any atom is 0.146 e. The Morgan fingerprint density at radius 3 is 2.62 bits per heavy atom. The van der Waals surface area contributed by atoms with Crippen LogP contribution in [0, 0.1) is 0 Å².